The fourth-order valence-electron chi connectivity index (χ4n) is 1.86. The van der Waals surface area contributed by atoms with E-state index in [4.69, 9.17) is 0 Å². The summed E-state index contributed by atoms with van der Waals surface area (Å²) >= 11 is 2.19. The molecule has 116 valence electrons. The number of benzene rings is 2. The number of carbonyl (C=O) groups excluding carboxylic acids is 1. The molecule has 2 aromatic carbocycles. The highest BCUT2D eigenvalue weighted by Crippen LogP contribution is 2.19. The third-order valence-corrected chi connectivity index (χ3v) is 4.20. The van der Waals surface area contributed by atoms with E-state index in [9.17, 15) is 13.2 Å². The normalized spacial score (nSPS) is 11.0. The minimum Gasteiger partial charge on any atom is -0.322 e. The maximum Gasteiger partial charge on any atom is 0.255 e. The van der Waals surface area contributed by atoms with Crippen molar-refractivity contribution in [1.29, 1.82) is 0 Å². The first-order valence-electron chi connectivity index (χ1n) is 6.40. The minimum absolute atomic E-state index is 0.241. The Morgan fingerprint density at radius 1 is 1.09 bits per heavy atom. The molecule has 2 rings (SSSR count). The molecule has 0 aliphatic rings. The van der Waals surface area contributed by atoms with Crippen molar-refractivity contribution in [2.75, 3.05) is 16.3 Å². The summed E-state index contributed by atoms with van der Waals surface area (Å²) < 4.78 is 26.0. The van der Waals surface area contributed by atoms with Gasteiger partial charge in [0.2, 0.25) is 10.0 Å². The van der Waals surface area contributed by atoms with Gasteiger partial charge in [-0.2, -0.15) is 0 Å². The Morgan fingerprint density at radius 3 is 2.27 bits per heavy atom. The highest BCUT2D eigenvalue weighted by molar-refractivity contribution is 14.1. The number of sulfonamides is 1. The van der Waals surface area contributed by atoms with Gasteiger partial charge in [-0.1, -0.05) is 0 Å². The molecule has 0 unspecified atom stereocenters. The van der Waals surface area contributed by atoms with E-state index in [1.165, 1.54) is 0 Å². The van der Waals surface area contributed by atoms with Gasteiger partial charge in [0.25, 0.3) is 5.91 Å². The van der Waals surface area contributed by atoms with Crippen LogP contribution in [0.3, 0.4) is 0 Å². The van der Waals surface area contributed by atoms with Crippen LogP contribution in [0.4, 0.5) is 11.4 Å². The molecule has 0 fully saturated rings. The molecule has 0 heterocycles. The molecule has 0 saturated heterocycles. The van der Waals surface area contributed by atoms with Crippen molar-refractivity contribution in [3.05, 3.63) is 57.2 Å². The second-order valence-corrected chi connectivity index (χ2v) is 7.86. The van der Waals surface area contributed by atoms with Gasteiger partial charge in [-0.05, 0) is 77.5 Å². The summed E-state index contributed by atoms with van der Waals surface area (Å²) in [5, 5.41) is 2.80. The van der Waals surface area contributed by atoms with Crippen LogP contribution in [0.5, 0.6) is 0 Å². The van der Waals surface area contributed by atoms with Gasteiger partial charge in [-0.3, -0.25) is 9.52 Å². The van der Waals surface area contributed by atoms with Crippen LogP contribution in [-0.2, 0) is 10.0 Å². The molecule has 0 aliphatic carbocycles. The van der Waals surface area contributed by atoms with Gasteiger partial charge in [0.1, 0.15) is 0 Å². The van der Waals surface area contributed by atoms with Gasteiger partial charge in [0, 0.05) is 14.8 Å². The van der Waals surface area contributed by atoms with Crippen LogP contribution < -0.4 is 10.0 Å². The number of halogens is 1. The SMILES string of the molecule is Cc1cc(C(=O)Nc2ccc(I)cc2)ccc1NS(C)(=O)=O. The molecule has 0 aromatic heterocycles. The van der Waals surface area contributed by atoms with Crippen molar-refractivity contribution in [2.24, 2.45) is 0 Å². The Kier molecular flexibility index (Phi) is 5.07. The van der Waals surface area contributed by atoms with Crippen molar-refractivity contribution in [1.82, 2.24) is 0 Å². The van der Waals surface area contributed by atoms with E-state index in [2.05, 4.69) is 32.6 Å². The van der Waals surface area contributed by atoms with Crippen LogP contribution in [-0.4, -0.2) is 20.6 Å². The molecule has 2 aromatic rings. The number of nitrogens with one attached hydrogen (secondary N) is 2. The van der Waals surface area contributed by atoms with E-state index in [0.29, 0.717) is 22.5 Å². The van der Waals surface area contributed by atoms with Crippen molar-refractivity contribution in [3.8, 4) is 0 Å². The van der Waals surface area contributed by atoms with Gasteiger partial charge < -0.3 is 5.32 Å². The highest BCUT2D eigenvalue weighted by Gasteiger charge is 2.10. The van der Waals surface area contributed by atoms with Gasteiger partial charge >= 0.3 is 0 Å². The second kappa shape index (κ2) is 6.66. The van der Waals surface area contributed by atoms with Crippen LogP contribution in [0, 0.1) is 10.5 Å². The Labute approximate surface area is 143 Å². The summed E-state index contributed by atoms with van der Waals surface area (Å²) in [6.45, 7) is 1.75. The molecule has 0 aliphatic heterocycles. The third-order valence-electron chi connectivity index (χ3n) is 2.89. The summed E-state index contributed by atoms with van der Waals surface area (Å²) in [6.07, 6.45) is 1.09. The fourth-order valence-corrected chi connectivity index (χ4v) is 2.84. The zero-order valence-corrected chi connectivity index (χ0v) is 15.0. The van der Waals surface area contributed by atoms with E-state index in [0.717, 1.165) is 9.83 Å². The van der Waals surface area contributed by atoms with Crippen LogP contribution in [0.15, 0.2) is 42.5 Å². The first-order chi connectivity index (χ1) is 10.2. The zero-order valence-electron chi connectivity index (χ0n) is 12.1. The third kappa shape index (κ3) is 4.70. The van der Waals surface area contributed by atoms with E-state index in [-0.39, 0.29) is 5.91 Å². The number of hydrogen-bond donors (Lipinski definition) is 2. The van der Waals surface area contributed by atoms with Gasteiger partial charge in [-0.25, -0.2) is 8.42 Å². The lowest BCUT2D eigenvalue weighted by atomic mass is 10.1. The molecule has 1 amide bonds. The van der Waals surface area contributed by atoms with Crippen molar-refractivity contribution >= 4 is 49.9 Å². The summed E-state index contributed by atoms with van der Waals surface area (Å²) in [5.74, 6) is -0.241. The van der Waals surface area contributed by atoms with Crippen molar-refractivity contribution in [2.45, 2.75) is 6.92 Å². The molecular weight excluding hydrogens is 415 g/mol. The molecule has 2 N–H and O–H groups in total. The van der Waals surface area contributed by atoms with Crippen LogP contribution in [0.1, 0.15) is 15.9 Å². The minimum atomic E-state index is -3.34. The number of rotatable bonds is 4. The van der Waals surface area contributed by atoms with Crippen LogP contribution in [0.25, 0.3) is 0 Å². The maximum atomic E-state index is 12.2. The maximum absolute atomic E-state index is 12.2. The summed E-state index contributed by atoms with van der Waals surface area (Å²) in [6, 6.07) is 12.3. The van der Waals surface area contributed by atoms with Crippen molar-refractivity contribution < 1.29 is 13.2 Å². The smallest absolute Gasteiger partial charge is 0.255 e. The summed E-state index contributed by atoms with van der Waals surface area (Å²) in [4.78, 5) is 12.2. The molecule has 0 bridgehead atoms. The zero-order chi connectivity index (χ0) is 16.3. The van der Waals surface area contributed by atoms with Gasteiger partial charge in [0.05, 0.1) is 11.9 Å². The number of carbonyl (C=O) groups is 1. The number of hydrogen-bond acceptors (Lipinski definition) is 3. The van der Waals surface area contributed by atoms with Crippen LogP contribution in [0.2, 0.25) is 0 Å². The molecule has 0 radical (unpaired) electrons. The van der Waals surface area contributed by atoms with Gasteiger partial charge in [-0.15, -0.1) is 0 Å². The molecule has 0 atom stereocenters. The number of amides is 1. The predicted octanol–water partition coefficient (Wildman–Crippen LogP) is 3.22. The van der Waals surface area contributed by atoms with Crippen LogP contribution >= 0.6 is 22.6 Å². The van der Waals surface area contributed by atoms with E-state index in [1.807, 2.05) is 24.3 Å². The molecular formula is C15H15IN2O3S. The quantitative estimate of drug-likeness (QED) is 0.732. The summed E-state index contributed by atoms with van der Waals surface area (Å²) in [5.41, 5.74) is 2.32. The largest absolute Gasteiger partial charge is 0.322 e. The molecule has 0 spiro atoms. The van der Waals surface area contributed by atoms with E-state index < -0.39 is 10.0 Å². The van der Waals surface area contributed by atoms with Crippen molar-refractivity contribution in [3.63, 3.8) is 0 Å². The molecule has 22 heavy (non-hydrogen) atoms. The Morgan fingerprint density at radius 2 is 1.73 bits per heavy atom. The first kappa shape index (κ1) is 16.8. The lowest BCUT2D eigenvalue weighted by Crippen LogP contribution is -2.14. The Hall–Kier alpha value is -1.61. The average molecular weight is 430 g/mol. The van der Waals surface area contributed by atoms with E-state index >= 15 is 0 Å². The Balaban J connectivity index is 2.17. The monoisotopic (exact) mass is 430 g/mol. The number of anilines is 2. The second-order valence-electron chi connectivity index (χ2n) is 4.86. The van der Waals surface area contributed by atoms with E-state index in [1.54, 1.807) is 25.1 Å². The molecule has 5 nitrogen and oxygen atoms in total. The van der Waals surface area contributed by atoms with Gasteiger partial charge in [0.15, 0.2) is 0 Å². The first-order valence-corrected chi connectivity index (χ1v) is 9.37. The lowest BCUT2D eigenvalue weighted by molar-refractivity contribution is 0.102. The average Bonchev–Trinajstić information content (AvgIpc) is 2.42. The Bertz CT molecular complexity index is 802. The molecule has 7 heteroatoms. The predicted molar refractivity (Wildman–Crippen MR) is 96.8 cm³/mol. The fraction of sp³-hybridized carbons (Fsp3) is 0.133. The highest BCUT2D eigenvalue weighted by atomic mass is 127. The standard InChI is InChI=1S/C15H15IN2O3S/c1-10-9-11(3-8-14(10)18-22(2,20)21)15(19)17-13-6-4-12(16)5-7-13/h3-9,18H,1-2H3,(H,17,19). The molecule has 0 saturated carbocycles. The lowest BCUT2D eigenvalue weighted by Gasteiger charge is -2.10. The summed E-state index contributed by atoms with van der Waals surface area (Å²) in [7, 11) is -3.34. The topological polar surface area (TPSA) is 75.3 Å². The number of aryl methyl sites for hydroxylation is 1.